The van der Waals surface area contributed by atoms with Crippen molar-refractivity contribution < 1.29 is 23.9 Å². The smallest absolute Gasteiger partial charge is 0.408 e. The van der Waals surface area contributed by atoms with Crippen LogP contribution in [0.15, 0.2) is 0 Å². The first-order chi connectivity index (χ1) is 8.69. The van der Waals surface area contributed by atoms with E-state index in [1.165, 1.54) is 0 Å². The van der Waals surface area contributed by atoms with Gasteiger partial charge in [-0.1, -0.05) is 6.92 Å². The SMILES string of the molecule is CCOC(=O)C[C@@H](C)C(C=O)NC(=O)OC(C)(C)C. The van der Waals surface area contributed by atoms with Gasteiger partial charge in [-0.05, 0) is 33.6 Å². The molecule has 1 unspecified atom stereocenters. The van der Waals surface area contributed by atoms with Crippen molar-refractivity contribution >= 4 is 18.3 Å². The number of ether oxygens (including phenoxy) is 2. The number of nitrogens with one attached hydrogen (secondary N) is 1. The Morgan fingerprint density at radius 2 is 1.89 bits per heavy atom. The predicted octanol–water partition coefficient (Wildman–Crippen LogP) is 1.67. The molecule has 0 aromatic rings. The molecule has 0 bridgehead atoms. The van der Waals surface area contributed by atoms with Crippen LogP contribution in [0.2, 0.25) is 0 Å². The first kappa shape index (κ1) is 17.4. The fraction of sp³-hybridized carbons (Fsp3) is 0.769. The molecule has 0 fully saturated rings. The third-order valence-electron chi connectivity index (χ3n) is 2.24. The number of aldehydes is 1. The van der Waals surface area contributed by atoms with Crippen LogP contribution in [0, 0.1) is 5.92 Å². The van der Waals surface area contributed by atoms with Crippen LogP contribution in [0.25, 0.3) is 0 Å². The summed E-state index contributed by atoms with van der Waals surface area (Å²) in [4.78, 5) is 33.8. The molecule has 1 N–H and O–H groups in total. The second kappa shape index (κ2) is 7.76. The summed E-state index contributed by atoms with van der Waals surface area (Å²) in [6.07, 6.45) is -0.0266. The molecule has 0 spiro atoms. The Labute approximate surface area is 113 Å². The molecule has 0 saturated carbocycles. The maximum atomic E-state index is 11.5. The minimum Gasteiger partial charge on any atom is -0.466 e. The number of hydrogen-bond donors (Lipinski definition) is 1. The molecular weight excluding hydrogens is 250 g/mol. The van der Waals surface area contributed by atoms with Crippen LogP contribution in [0.5, 0.6) is 0 Å². The summed E-state index contributed by atoms with van der Waals surface area (Å²) >= 11 is 0. The van der Waals surface area contributed by atoms with Crippen molar-refractivity contribution in [2.24, 2.45) is 5.92 Å². The van der Waals surface area contributed by atoms with Crippen molar-refractivity contribution in [2.45, 2.75) is 52.7 Å². The molecule has 6 heteroatoms. The normalized spacial score (nSPS) is 14.2. The molecule has 0 heterocycles. The van der Waals surface area contributed by atoms with Gasteiger partial charge in [-0.15, -0.1) is 0 Å². The summed E-state index contributed by atoms with van der Waals surface area (Å²) in [7, 11) is 0. The van der Waals surface area contributed by atoms with Gasteiger partial charge in [0.05, 0.1) is 19.1 Å². The summed E-state index contributed by atoms with van der Waals surface area (Å²) in [6, 6.07) is -0.778. The molecule has 0 aromatic carbocycles. The number of carbonyl (C=O) groups is 3. The summed E-state index contributed by atoms with van der Waals surface area (Å²) in [5.41, 5.74) is -0.637. The van der Waals surface area contributed by atoms with Gasteiger partial charge in [0.2, 0.25) is 0 Å². The molecule has 0 radical (unpaired) electrons. The molecule has 2 atom stereocenters. The van der Waals surface area contributed by atoms with E-state index in [1.807, 2.05) is 0 Å². The Bertz CT molecular complexity index is 321. The van der Waals surface area contributed by atoms with Gasteiger partial charge in [0.1, 0.15) is 11.9 Å². The van der Waals surface area contributed by atoms with Gasteiger partial charge in [0.15, 0.2) is 0 Å². The van der Waals surface area contributed by atoms with Gasteiger partial charge in [0, 0.05) is 0 Å². The number of rotatable bonds is 6. The van der Waals surface area contributed by atoms with Crippen LogP contribution in [0.3, 0.4) is 0 Å². The highest BCUT2D eigenvalue weighted by molar-refractivity contribution is 5.75. The summed E-state index contributed by atoms with van der Waals surface area (Å²) in [5, 5.41) is 2.43. The summed E-state index contributed by atoms with van der Waals surface area (Å²) in [6.45, 7) is 8.86. The highest BCUT2D eigenvalue weighted by Crippen LogP contribution is 2.11. The van der Waals surface area contributed by atoms with E-state index in [9.17, 15) is 14.4 Å². The average Bonchev–Trinajstić information content (AvgIpc) is 2.23. The lowest BCUT2D eigenvalue weighted by Gasteiger charge is -2.23. The molecule has 110 valence electrons. The Hall–Kier alpha value is -1.59. The van der Waals surface area contributed by atoms with Gasteiger partial charge >= 0.3 is 12.1 Å². The fourth-order valence-corrected chi connectivity index (χ4v) is 1.36. The van der Waals surface area contributed by atoms with Crippen molar-refractivity contribution in [3.8, 4) is 0 Å². The summed E-state index contributed by atoms with van der Waals surface area (Å²) < 4.78 is 9.84. The highest BCUT2D eigenvalue weighted by atomic mass is 16.6. The fourth-order valence-electron chi connectivity index (χ4n) is 1.36. The lowest BCUT2D eigenvalue weighted by atomic mass is 10.00. The molecule has 19 heavy (non-hydrogen) atoms. The monoisotopic (exact) mass is 273 g/mol. The number of hydrogen-bond acceptors (Lipinski definition) is 5. The molecule has 0 aliphatic rings. The maximum absolute atomic E-state index is 11.5. The van der Waals surface area contributed by atoms with Crippen LogP contribution in [-0.4, -0.2) is 36.6 Å². The van der Waals surface area contributed by atoms with Crippen molar-refractivity contribution in [3.63, 3.8) is 0 Å². The van der Waals surface area contributed by atoms with E-state index in [4.69, 9.17) is 9.47 Å². The van der Waals surface area contributed by atoms with E-state index in [2.05, 4.69) is 5.32 Å². The second-order valence-corrected chi connectivity index (χ2v) is 5.29. The molecule has 0 aliphatic carbocycles. The molecule has 0 rings (SSSR count). The van der Waals surface area contributed by atoms with E-state index >= 15 is 0 Å². The van der Waals surface area contributed by atoms with Crippen LogP contribution in [-0.2, 0) is 19.1 Å². The predicted molar refractivity (Wildman–Crippen MR) is 69.6 cm³/mol. The lowest BCUT2D eigenvalue weighted by Crippen LogP contribution is -2.43. The van der Waals surface area contributed by atoms with Gasteiger partial charge in [0.25, 0.3) is 0 Å². The minimum absolute atomic E-state index is 0.0625. The van der Waals surface area contributed by atoms with Gasteiger partial charge in [-0.2, -0.15) is 0 Å². The van der Waals surface area contributed by atoms with Crippen molar-refractivity contribution in [2.75, 3.05) is 6.61 Å². The lowest BCUT2D eigenvalue weighted by molar-refractivity contribution is -0.144. The Morgan fingerprint density at radius 3 is 2.32 bits per heavy atom. The third kappa shape index (κ3) is 8.18. The van der Waals surface area contributed by atoms with Crippen molar-refractivity contribution in [3.05, 3.63) is 0 Å². The topological polar surface area (TPSA) is 81.7 Å². The first-order valence-corrected chi connectivity index (χ1v) is 6.30. The van der Waals surface area contributed by atoms with Crippen LogP contribution < -0.4 is 5.32 Å². The third-order valence-corrected chi connectivity index (χ3v) is 2.24. The van der Waals surface area contributed by atoms with Crippen LogP contribution in [0.1, 0.15) is 41.0 Å². The minimum atomic E-state index is -0.778. The van der Waals surface area contributed by atoms with E-state index in [0.717, 1.165) is 0 Å². The molecule has 0 aliphatic heterocycles. The zero-order chi connectivity index (χ0) is 15.1. The highest BCUT2D eigenvalue weighted by Gasteiger charge is 2.24. The quantitative estimate of drug-likeness (QED) is 0.588. The van der Waals surface area contributed by atoms with Crippen molar-refractivity contribution in [1.29, 1.82) is 0 Å². The number of carbonyl (C=O) groups excluding carboxylic acids is 3. The molecule has 6 nitrogen and oxygen atoms in total. The van der Waals surface area contributed by atoms with Gasteiger partial charge in [-0.25, -0.2) is 4.79 Å². The zero-order valence-corrected chi connectivity index (χ0v) is 12.2. The first-order valence-electron chi connectivity index (χ1n) is 6.30. The molecule has 1 amide bonds. The molecule has 0 aromatic heterocycles. The van der Waals surface area contributed by atoms with Crippen LogP contribution >= 0.6 is 0 Å². The standard InChI is InChI=1S/C13H23NO5/c1-6-18-11(16)7-9(2)10(8-15)14-12(17)19-13(3,4)5/h8-10H,6-7H2,1-5H3,(H,14,17)/t9-,10?/m1/s1. The maximum Gasteiger partial charge on any atom is 0.408 e. The number of alkyl carbamates (subject to hydrolysis) is 1. The Morgan fingerprint density at radius 1 is 1.32 bits per heavy atom. The largest absolute Gasteiger partial charge is 0.466 e. The van der Waals surface area contributed by atoms with E-state index in [-0.39, 0.29) is 18.9 Å². The van der Waals surface area contributed by atoms with Gasteiger partial charge in [-0.3, -0.25) is 4.79 Å². The van der Waals surface area contributed by atoms with E-state index < -0.39 is 23.7 Å². The number of amides is 1. The summed E-state index contributed by atoms with van der Waals surface area (Å²) in [5.74, 6) is -0.753. The van der Waals surface area contributed by atoms with E-state index in [0.29, 0.717) is 6.29 Å². The molecular formula is C13H23NO5. The Balaban J connectivity index is 4.37. The molecule has 0 saturated heterocycles. The van der Waals surface area contributed by atoms with Gasteiger partial charge < -0.3 is 19.6 Å². The second-order valence-electron chi connectivity index (χ2n) is 5.29. The Kier molecular flexibility index (Phi) is 7.11. The van der Waals surface area contributed by atoms with Crippen LogP contribution in [0.4, 0.5) is 4.79 Å². The average molecular weight is 273 g/mol. The van der Waals surface area contributed by atoms with Crippen molar-refractivity contribution in [1.82, 2.24) is 5.32 Å². The van der Waals surface area contributed by atoms with E-state index in [1.54, 1.807) is 34.6 Å². The number of esters is 1. The zero-order valence-electron chi connectivity index (χ0n) is 12.2.